The molecule has 2 heterocycles. The van der Waals surface area contributed by atoms with Gasteiger partial charge in [0, 0.05) is 23.3 Å². The van der Waals surface area contributed by atoms with Gasteiger partial charge in [0.05, 0.1) is 4.76 Å². The minimum Gasteiger partial charge on any atom is -0.249 e. The third-order valence-corrected chi connectivity index (χ3v) is 1.42. The lowest BCUT2D eigenvalue weighted by molar-refractivity contribution is -0.420. The molecule has 48 valence electrons. The minimum absolute atomic E-state index is 0.627. The Bertz CT molecular complexity index is 302. The molecule has 3 nitrogen and oxygen atoms in total. The summed E-state index contributed by atoms with van der Waals surface area (Å²) in [5, 5.41) is 0. The molecule has 0 aromatic heterocycles. The van der Waals surface area contributed by atoms with Crippen LogP contribution in [-0.2, 0) is 0 Å². The highest BCUT2D eigenvalue weighted by Gasteiger charge is 2.24. The van der Waals surface area contributed by atoms with Gasteiger partial charge in [-0.15, -0.1) is 0 Å². The quantitative estimate of drug-likeness (QED) is 0.456. The van der Waals surface area contributed by atoms with Crippen molar-refractivity contribution in [2.24, 2.45) is 4.99 Å². The smallest absolute Gasteiger partial charge is 0.249 e. The number of nitrogens with zero attached hydrogens (tertiary/aromatic N) is 2. The maximum absolute atomic E-state index is 10.9. The Hall–Kier alpha value is -1.51. The van der Waals surface area contributed by atoms with Crippen molar-refractivity contribution in [1.82, 2.24) is 0 Å². The maximum Gasteiger partial charge on any atom is 0.289 e. The fourth-order valence-corrected chi connectivity index (χ4v) is 0.947. The molecule has 10 heavy (non-hydrogen) atoms. The Kier molecular flexibility index (Phi) is 0.917. The van der Waals surface area contributed by atoms with Crippen LogP contribution >= 0.6 is 0 Å². The molecule has 0 aromatic carbocycles. The van der Waals surface area contributed by atoms with Crippen LogP contribution in [0.2, 0.25) is 0 Å². The molecule has 0 saturated carbocycles. The maximum atomic E-state index is 10.9. The van der Waals surface area contributed by atoms with Crippen LogP contribution in [-0.4, -0.2) is 11.0 Å². The summed E-state index contributed by atoms with van der Waals surface area (Å²) in [6.45, 7) is 0. The summed E-state index contributed by atoms with van der Waals surface area (Å²) in [5.41, 5.74) is 1.38. The van der Waals surface area contributed by atoms with Gasteiger partial charge in [0.1, 0.15) is 5.70 Å². The Morgan fingerprint density at radius 2 is 2.30 bits per heavy atom. The van der Waals surface area contributed by atoms with Gasteiger partial charge in [-0.25, -0.2) is 4.99 Å². The molecule has 0 N–H and O–H groups in total. The van der Waals surface area contributed by atoms with Crippen LogP contribution in [0.1, 0.15) is 0 Å². The average Bonchev–Trinajstić information content (AvgIpc) is 2.36. The third-order valence-electron chi connectivity index (χ3n) is 1.42. The van der Waals surface area contributed by atoms with Crippen LogP contribution in [0.15, 0.2) is 40.8 Å². The third kappa shape index (κ3) is 0.572. The number of aliphatic imine (C=N–C) groups is 1. The minimum atomic E-state index is 0.627. The van der Waals surface area contributed by atoms with E-state index in [0.717, 1.165) is 10.5 Å². The van der Waals surface area contributed by atoms with Gasteiger partial charge < -0.3 is 0 Å². The van der Waals surface area contributed by atoms with E-state index in [2.05, 4.69) is 4.99 Å². The van der Waals surface area contributed by atoms with Crippen molar-refractivity contribution < 1.29 is 4.76 Å². The number of nitroso groups, excluding NO2 is 1. The number of fused-ring (bicyclic) bond motifs is 1. The molecule has 0 fully saturated rings. The van der Waals surface area contributed by atoms with Crippen LogP contribution in [0.5, 0.6) is 0 Å². The lowest BCUT2D eigenvalue weighted by Gasteiger charge is -1.92. The van der Waals surface area contributed by atoms with Gasteiger partial charge in [-0.05, 0) is 6.08 Å². The van der Waals surface area contributed by atoms with E-state index in [-0.39, 0.29) is 0 Å². The number of hydrogen-bond donors (Lipinski definition) is 0. The van der Waals surface area contributed by atoms with E-state index in [4.69, 9.17) is 0 Å². The molecule has 0 aliphatic carbocycles. The highest BCUT2D eigenvalue weighted by Crippen LogP contribution is 2.19. The topological polar surface area (TPSA) is 32.4 Å². The first-order valence-corrected chi connectivity index (χ1v) is 2.97. The summed E-state index contributed by atoms with van der Waals surface area (Å²) < 4.78 is 0.808. The van der Waals surface area contributed by atoms with Crippen molar-refractivity contribution in [1.29, 1.82) is 0 Å². The van der Waals surface area contributed by atoms with Gasteiger partial charge in [-0.3, -0.25) is 0 Å². The molecular formula is C7H5N2O+. The lowest BCUT2D eigenvalue weighted by atomic mass is 10.2. The first kappa shape index (κ1) is 5.29. The molecule has 0 spiro atoms. The van der Waals surface area contributed by atoms with Crippen LogP contribution in [0.3, 0.4) is 0 Å². The largest absolute Gasteiger partial charge is 0.289 e. The first-order valence-electron chi connectivity index (χ1n) is 2.97. The lowest BCUT2D eigenvalue weighted by Crippen LogP contribution is -2.02. The first-order chi connectivity index (χ1) is 4.88. The highest BCUT2D eigenvalue weighted by atomic mass is 16.3. The Morgan fingerprint density at radius 1 is 1.40 bits per heavy atom. The number of rotatable bonds is 0. The number of allylic oxidation sites excluding steroid dienone is 3. The monoisotopic (exact) mass is 133 g/mol. The molecule has 0 radical (unpaired) electrons. The van der Waals surface area contributed by atoms with E-state index in [9.17, 15) is 4.91 Å². The molecule has 0 atom stereocenters. The SMILES string of the molecule is O=[N+]1C=CC=C2N=CC=C21. The van der Waals surface area contributed by atoms with E-state index in [1.165, 1.54) is 6.20 Å². The Balaban J connectivity index is 2.54. The molecule has 0 aromatic rings. The molecule has 2 rings (SSSR count). The second kappa shape index (κ2) is 1.73. The zero-order chi connectivity index (χ0) is 6.97. The van der Waals surface area contributed by atoms with E-state index < -0.39 is 0 Å². The molecule has 0 saturated heterocycles. The van der Waals surface area contributed by atoms with Gasteiger partial charge in [0.2, 0.25) is 6.20 Å². The summed E-state index contributed by atoms with van der Waals surface area (Å²) in [7, 11) is 0. The van der Waals surface area contributed by atoms with E-state index in [1.54, 1.807) is 18.4 Å². The van der Waals surface area contributed by atoms with E-state index in [0.29, 0.717) is 5.70 Å². The zero-order valence-corrected chi connectivity index (χ0v) is 5.19. The fourth-order valence-electron chi connectivity index (χ4n) is 0.947. The molecule has 0 amide bonds. The molecule has 2 aliphatic heterocycles. The molecule has 0 unspecified atom stereocenters. The Labute approximate surface area is 57.6 Å². The second-order valence-corrected chi connectivity index (χ2v) is 2.05. The van der Waals surface area contributed by atoms with Crippen molar-refractivity contribution in [3.63, 3.8) is 0 Å². The summed E-state index contributed by atoms with van der Waals surface area (Å²) in [6.07, 6.45) is 8.28. The summed E-state index contributed by atoms with van der Waals surface area (Å²) >= 11 is 0. The standard InChI is InChI=1S/C7H5N2O/c10-9-5-1-2-6-7(9)3-4-8-6/h1-5H/q+1. The molecular weight excluding hydrogens is 128 g/mol. The zero-order valence-electron chi connectivity index (χ0n) is 5.19. The molecule has 0 bridgehead atoms. The van der Waals surface area contributed by atoms with E-state index >= 15 is 0 Å². The van der Waals surface area contributed by atoms with Crippen LogP contribution in [0.4, 0.5) is 0 Å². The van der Waals surface area contributed by atoms with E-state index in [1.807, 2.05) is 6.08 Å². The van der Waals surface area contributed by atoms with Crippen molar-refractivity contribution in [3.8, 4) is 0 Å². The highest BCUT2D eigenvalue weighted by molar-refractivity contribution is 5.78. The molecule has 3 heteroatoms. The van der Waals surface area contributed by atoms with Crippen molar-refractivity contribution in [2.45, 2.75) is 0 Å². The molecule has 2 aliphatic rings. The van der Waals surface area contributed by atoms with Crippen molar-refractivity contribution in [3.05, 3.63) is 40.7 Å². The van der Waals surface area contributed by atoms with Crippen molar-refractivity contribution >= 4 is 6.21 Å². The summed E-state index contributed by atoms with van der Waals surface area (Å²) in [4.78, 5) is 14.9. The predicted octanol–water partition coefficient (Wildman–Crippen LogP) is 1.14. The second-order valence-electron chi connectivity index (χ2n) is 2.05. The van der Waals surface area contributed by atoms with Gasteiger partial charge in [0.25, 0.3) is 5.70 Å². The van der Waals surface area contributed by atoms with Crippen LogP contribution < -0.4 is 0 Å². The summed E-state index contributed by atoms with van der Waals surface area (Å²) in [6, 6.07) is 0. The average molecular weight is 133 g/mol. The van der Waals surface area contributed by atoms with Crippen LogP contribution in [0.25, 0.3) is 0 Å². The van der Waals surface area contributed by atoms with Gasteiger partial charge >= 0.3 is 0 Å². The Morgan fingerprint density at radius 3 is 3.10 bits per heavy atom. The van der Waals surface area contributed by atoms with Gasteiger partial charge in [-0.1, -0.05) is 0 Å². The summed E-state index contributed by atoms with van der Waals surface area (Å²) in [5.74, 6) is 0. The number of hydrogen-bond acceptors (Lipinski definition) is 2. The van der Waals surface area contributed by atoms with Crippen molar-refractivity contribution in [2.75, 3.05) is 0 Å². The van der Waals surface area contributed by atoms with Gasteiger partial charge in [-0.2, -0.15) is 0 Å². The predicted molar refractivity (Wildman–Crippen MR) is 37.4 cm³/mol. The van der Waals surface area contributed by atoms with Gasteiger partial charge in [0.15, 0.2) is 0 Å². The van der Waals surface area contributed by atoms with Crippen LogP contribution in [0, 0.1) is 4.91 Å². The normalized spacial score (nSPS) is 20.6. The fraction of sp³-hybridized carbons (Fsp3) is 0.